The van der Waals surface area contributed by atoms with Crippen molar-refractivity contribution in [3.63, 3.8) is 0 Å². The smallest absolute Gasteiger partial charge is 0.227 e. The summed E-state index contributed by atoms with van der Waals surface area (Å²) < 4.78 is 27.6. The molecule has 3 N–H and O–H groups in total. The number of amides is 1. The molecule has 0 saturated heterocycles. The average Bonchev–Trinajstić information content (AvgIpc) is 3.02. The van der Waals surface area contributed by atoms with Gasteiger partial charge < -0.3 is 15.7 Å². The second-order valence-electron chi connectivity index (χ2n) is 5.96. The van der Waals surface area contributed by atoms with Gasteiger partial charge >= 0.3 is 0 Å². The Hall–Kier alpha value is -2.57. The first kappa shape index (κ1) is 17.3. The largest absolute Gasteiger partial charge is 0.378 e. The van der Waals surface area contributed by atoms with Crippen LogP contribution in [-0.4, -0.2) is 28.7 Å². The van der Waals surface area contributed by atoms with Gasteiger partial charge in [0.15, 0.2) is 0 Å². The third-order valence-electron chi connectivity index (χ3n) is 4.16. The highest BCUT2D eigenvalue weighted by molar-refractivity contribution is 5.83. The Kier molecular flexibility index (Phi) is 4.92. The number of hydrogen-bond donors (Lipinski definition) is 2. The third-order valence-corrected chi connectivity index (χ3v) is 4.16. The van der Waals surface area contributed by atoms with Gasteiger partial charge in [0.05, 0.1) is 12.5 Å². The van der Waals surface area contributed by atoms with E-state index in [4.69, 9.17) is 5.73 Å². The lowest BCUT2D eigenvalue weighted by atomic mass is 10.0. The minimum absolute atomic E-state index is 0.117. The van der Waals surface area contributed by atoms with Gasteiger partial charge in [0.1, 0.15) is 17.9 Å². The second kappa shape index (κ2) is 7.13. The molecule has 0 spiro atoms. The summed E-state index contributed by atoms with van der Waals surface area (Å²) in [5, 5.41) is 9.31. The number of nitrogens with zero attached hydrogens (tertiary/aromatic N) is 1. The lowest BCUT2D eigenvalue weighted by Crippen LogP contribution is -2.36. The van der Waals surface area contributed by atoms with Crippen molar-refractivity contribution >= 4 is 11.5 Å². The van der Waals surface area contributed by atoms with Crippen LogP contribution < -0.4 is 5.73 Å². The molecule has 0 bridgehead atoms. The number of aliphatic hydroxyl groups is 1. The van der Waals surface area contributed by atoms with Gasteiger partial charge in [0.2, 0.25) is 5.91 Å². The van der Waals surface area contributed by atoms with Crippen molar-refractivity contribution in [1.82, 2.24) is 4.90 Å². The Labute approximate surface area is 144 Å². The minimum Gasteiger partial charge on any atom is -0.378 e. The molecule has 0 aliphatic carbocycles. The van der Waals surface area contributed by atoms with E-state index in [0.717, 1.165) is 23.8 Å². The molecule has 1 unspecified atom stereocenters. The minimum atomic E-state index is -1.26. The van der Waals surface area contributed by atoms with Crippen LogP contribution in [0.25, 0.3) is 5.57 Å². The summed E-state index contributed by atoms with van der Waals surface area (Å²) in [5.41, 5.74) is 6.81. The number of hydrogen-bond acceptors (Lipinski definition) is 3. The number of halogens is 2. The fraction of sp³-hybridized carbons (Fsp3) is 0.211. The second-order valence-corrected chi connectivity index (χ2v) is 5.96. The molecule has 3 rings (SSSR count). The zero-order valence-electron chi connectivity index (χ0n) is 13.4. The maximum absolute atomic E-state index is 14.1. The van der Waals surface area contributed by atoms with Gasteiger partial charge in [-0.05, 0) is 29.3 Å². The summed E-state index contributed by atoms with van der Waals surface area (Å²) in [7, 11) is 0. The van der Waals surface area contributed by atoms with Gasteiger partial charge in [-0.3, -0.25) is 4.79 Å². The maximum Gasteiger partial charge on any atom is 0.227 e. The molecule has 130 valence electrons. The molecule has 1 amide bonds. The molecule has 6 heteroatoms. The molecule has 0 fully saturated rings. The van der Waals surface area contributed by atoms with E-state index in [9.17, 15) is 18.7 Å². The van der Waals surface area contributed by atoms with Crippen molar-refractivity contribution in [2.24, 2.45) is 5.73 Å². The number of carbonyl (C=O) groups is 1. The molecule has 1 heterocycles. The number of rotatable bonds is 4. The monoisotopic (exact) mass is 344 g/mol. The first-order chi connectivity index (χ1) is 12.0. The van der Waals surface area contributed by atoms with E-state index in [1.807, 2.05) is 30.3 Å². The van der Waals surface area contributed by atoms with Crippen LogP contribution >= 0.6 is 0 Å². The Bertz CT molecular complexity index is 806. The maximum atomic E-state index is 14.1. The van der Waals surface area contributed by atoms with E-state index in [1.54, 1.807) is 6.08 Å². The standard InChI is InChI=1S/C19H18F2N2O2/c20-14-6-7-16(21)15(9-14)13-8-17(12-4-2-1-3-5-12)23(11-13)19(25)10-18(22)24/h1-9,17-18,24H,10-11,22H2/t17-,18?/m0/s1. The van der Waals surface area contributed by atoms with Gasteiger partial charge in [-0.1, -0.05) is 36.4 Å². The molecule has 4 nitrogen and oxygen atoms in total. The van der Waals surface area contributed by atoms with Crippen molar-refractivity contribution in [2.75, 3.05) is 6.54 Å². The molecule has 2 aromatic rings. The number of carbonyl (C=O) groups excluding carboxylic acids is 1. The van der Waals surface area contributed by atoms with E-state index in [-0.39, 0.29) is 24.4 Å². The third kappa shape index (κ3) is 3.75. The molecule has 2 aromatic carbocycles. The molecular weight excluding hydrogens is 326 g/mol. The van der Waals surface area contributed by atoms with Crippen molar-refractivity contribution in [1.29, 1.82) is 0 Å². The van der Waals surface area contributed by atoms with Crippen molar-refractivity contribution < 1.29 is 18.7 Å². The SMILES string of the molecule is NC(O)CC(=O)N1CC(c2cc(F)ccc2F)=C[C@H]1c1ccccc1. The molecule has 2 atom stereocenters. The highest BCUT2D eigenvalue weighted by Gasteiger charge is 2.32. The highest BCUT2D eigenvalue weighted by atomic mass is 19.1. The topological polar surface area (TPSA) is 66.6 Å². The van der Waals surface area contributed by atoms with Crippen LogP contribution in [0.3, 0.4) is 0 Å². The predicted molar refractivity (Wildman–Crippen MR) is 90.0 cm³/mol. The molecule has 1 aliphatic heterocycles. The van der Waals surface area contributed by atoms with E-state index in [2.05, 4.69) is 0 Å². The number of nitrogens with two attached hydrogens (primary N) is 1. The van der Waals surface area contributed by atoms with Crippen LogP contribution in [-0.2, 0) is 4.79 Å². The summed E-state index contributed by atoms with van der Waals surface area (Å²) in [4.78, 5) is 14.0. The normalized spacial score (nSPS) is 18.2. The lowest BCUT2D eigenvalue weighted by Gasteiger charge is -2.25. The van der Waals surface area contributed by atoms with E-state index in [1.165, 1.54) is 4.90 Å². The van der Waals surface area contributed by atoms with Crippen LogP contribution in [0, 0.1) is 11.6 Å². The summed E-state index contributed by atoms with van der Waals surface area (Å²) in [6, 6.07) is 12.0. The van der Waals surface area contributed by atoms with Crippen LogP contribution in [0.2, 0.25) is 0 Å². The fourth-order valence-electron chi connectivity index (χ4n) is 3.00. The quantitative estimate of drug-likeness (QED) is 0.838. The van der Waals surface area contributed by atoms with Gasteiger partial charge in [0.25, 0.3) is 0 Å². The molecule has 0 radical (unpaired) electrons. The molecule has 25 heavy (non-hydrogen) atoms. The van der Waals surface area contributed by atoms with Crippen molar-refractivity contribution in [3.05, 3.63) is 77.4 Å². The predicted octanol–water partition coefficient (Wildman–Crippen LogP) is 2.60. The van der Waals surface area contributed by atoms with Gasteiger partial charge in [0, 0.05) is 12.1 Å². The summed E-state index contributed by atoms with van der Waals surface area (Å²) >= 11 is 0. The van der Waals surface area contributed by atoms with Gasteiger partial charge in [-0.15, -0.1) is 0 Å². The number of benzene rings is 2. The zero-order valence-corrected chi connectivity index (χ0v) is 13.4. The lowest BCUT2D eigenvalue weighted by molar-refractivity contribution is -0.133. The van der Waals surface area contributed by atoms with Crippen LogP contribution in [0.4, 0.5) is 8.78 Å². The summed E-state index contributed by atoms with van der Waals surface area (Å²) in [5.74, 6) is -1.45. The Morgan fingerprint density at radius 3 is 2.64 bits per heavy atom. The van der Waals surface area contributed by atoms with E-state index < -0.39 is 23.9 Å². The van der Waals surface area contributed by atoms with Crippen LogP contribution in [0.5, 0.6) is 0 Å². The molecule has 0 aromatic heterocycles. The van der Waals surface area contributed by atoms with Gasteiger partial charge in [-0.2, -0.15) is 0 Å². The summed E-state index contributed by atoms with van der Waals surface area (Å²) in [6.45, 7) is 0.117. The molecular formula is C19H18F2N2O2. The Balaban J connectivity index is 1.98. The first-order valence-electron chi connectivity index (χ1n) is 7.90. The van der Waals surface area contributed by atoms with Crippen molar-refractivity contribution in [2.45, 2.75) is 18.7 Å². The number of aliphatic hydroxyl groups excluding tert-OH is 1. The van der Waals surface area contributed by atoms with Crippen molar-refractivity contribution in [3.8, 4) is 0 Å². The molecule has 0 saturated carbocycles. The summed E-state index contributed by atoms with van der Waals surface area (Å²) in [6.07, 6.45) is 0.239. The van der Waals surface area contributed by atoms with Crippen LogP contribution in [0.15, 0.2) is 54.6 Å². The van der Waals surface area contributed by atoms with E-state index >= 15 is 0 Å². The Morgan fingerprint density at radius 1 is 1.24 bits per heavy atom. The van der Waals surface area contributed by atoms with E-state index in [0.29, 0.717) is 5.57 Å². The first-order valence-corrected chi connectivity index (χ1v) is 7.90. The fourth-order valence-corrected chi connectivity index (χ4v) is 3.00. The Morgan fingerprint density at radius 2 is 1.96 bits per heavy atom. The molecule has 1 aliphatic rings. The highest BCUT2D eigenvalue weighted by Crippen LogP contribution is 2.36. The van der Waals surface area contributed by atoms with Gasteiger partial charge in [-0.25, -0.2) is 8.78 Å². The van der Waals surface area contributed by atoms with Crippen LogP contribution in [0.1, 0.15) is 23.6 Å². The zero-order chi connectivity index (χ0) is 18.0. The average molecular weight is 344 g/mol.